The monoisotopic (exact) mass is 288 g/mol. The van der Waals surface area contributed by atoms with Crippen LogP contribution in [0.2, 0.25) is 0 Å². The van der Waals surface area contributed by atoms with Gasteiger partial charge in [-0.15, -0.1) is 0 Å². The lowest BCUT2D eigenvalue weighted by molar-refractivity contribution is -0.0312. The average Bonchev–Trinajstić information content (AvgIpc) is 2.46. The molecule has 1 atom stereocenters. The zero-order chi connectivity index (χ0) is 14.9. The van der Waals surface area contributed by atoms with Gasteiger partial charge in [0, 0.05) is 23.0 Å². The summed E-state index contributed by atoms with van der Waals surface area (Å²) in [6, 6.07) is 0. The molecule has 0 aliphatic rings. The molecule has 114 valence electrons. The highest BCUT2D eigenvalue weighted by Crippen LogP contribution is 1.97. The smallest absolute Gasteiger partial charge is 0.159 e. The van der Waals surface area contributed by atoms with Crippen molar-refractivity contribution >= 4 is 0 Å². The summed E-state index contributed by atoms with van der Waals surface area (Å²) in [6.07, 6.45) is -0.739. The van der Waals surface area contributed by atoms with E-state index in [1.165, 1.54) is 0 Å². The molecule has 0 rings (SSSR count). The number of hydrogen-bond donors (Lipinski definition) is 0. The van der Waals surface area contributed by atoms with Crippen molar-refractivity contribution in [3.05, 3.63) is 20.9 Å². The lowest BCUT2D eigenvalue weighted by atomic mass is 10.6. The van der Waals surface area contributed by atoms with Crippen molar-refractivity contribution in [3.8, 4) is 0 Å². The van der Waals surface area contributed by atoms with E-state index in [0.29, 0.717) is 33.0 Å². The number of rotatable bonds is 14. The Labute approximate surface area is 117 Å². The number of azide groups is 2. The lowest BCUT2D eigenvalue weighted by Gasteiger charge is -2.12. The first-order valence-electron chi connectivity index (χ1n) is 6.25. The van der Waals surface area contributed by atoms with E-state index < -0.39 is 6.23 Å². The average molecular weight is 288 g/mol. The molecule has 0 aromatic rings. The normalized spacial score (nSPS) is 11.4. The molecule has 0 aliphatic heterocycles. The van der Waals surface area contributed by atoms with Gasteiger partial charge in [-0.05, 0) is 18.0 Å². The maximum Gasteiger partial charge on any atom is 0.159 e. The van der Waals surface area contributed by atoms with E-state index in [4.69, 9.17) is 30.0 Å². The molecule has 20 heavy (non-hydrogen) atoms. The summed E-state index contributed by atoms with van der Waals surface area (Å²) in [5.41, 5.74) is 16.5. The van der Waals surface area contributed by atoms with Gasteiger partial charge in [-0.2, -0.15) is 0 Å². The second-order valence-electron chi connectivity index (χ2n) is 3.37. The SMILES string of the molecule is CCOCCOCCOCC(N=[N+]=[N-])OCCN=[N+]=[N-]. The zero-order valence-corrected chi connectivity index (χ0v) is 11.6. The maximum atomic E-state index is 8.36. The van der Waals surface area contributed by atoms with Crippen LogP contribution < -0.4 is 0 Å². The molecule has 0 aromatic carbocycles. The van der Waals surface area contributed by atoms with Gasteiger partial charge >= 0.3 is 0 Å². The maximum absolute atomic E-state index is 8.36. The fourth-order valence-electron chi connectivity index (χ4n) is 1.11. The fraction of sp³-hybridized carbons (Fsp3) is 1.00. The first kappa shape index (κ1) is 18.5. The van der Waals surface area contributed by atoms with Crippen molar-refractivity contribution in [3.63, 3.8) is 0 Å². The first-order chi connectivity index (χ1) is 9.85. The molecular weight excluding hydrogens is 268 g/mol. The standard InChI is InChI=1S/C10H20N6O4/c1-2-17-5-6-18-7-8-19-9-10(14-16-12)20-4-3-13-15-11/h10H,2-9H2,1H3. The highest BCUT2D eigenvalue weighted by molar-refractivity contribution is 4.56. The van der Waals surface area contributed by atoms with Gasteiger partial charge in [0.1, 0.15) is 0 Å². The van der Waals surface area contributed by atoms with Gasteiger partial charge in [-0.3, -0.25) is 0 Å². The molecule has 10 nitrogen and oxygen atoms in total. The van der Waals surface area contributed by atoms with Crippen molar-refractivity contribution in [2.45, 2.75) is 13.2 Å². The second kappa shape index (κ2) is 15.5. The molecule has 0 radical (unpaired) electrons. The van der Waals surface area contributed by atoms with Crippen LogP contribution in [0.3, 0.4) is 0 Å². The van der Waals surface area contributed by atoms with E-state index in [1.807, 2.05) is 6.92 Å². The Morgan fingerprint density at radius 1 is 0.950 bits per heavy atom. The highest BCUT2D eigenvalue weighted by atomic mass is 16.6. The predicted molar refractivity (Wildman–Crippen MR) is 71.0 cm³/mol. The molecule has 0 aliphatic carbocycles. The molecule has 0 aromatic heterocycles. The van der Waals surface area contributed by atoms with Gasteiger partial charge in [-0.25, -0.2) is 0 Å². The summed E-state index contributed by atoms with van der Waals surface area (Å²) >= 11 is 0. The minimum atomic E-state index is -0.739. The number of hydrogen-bond acceptors (Lipinski definition) is 6. The Kier molecular flexibility index (Phi) is 14.3. The van der Waals surface area contributed by atoms with Gasteiger partial charge < -0.3 is 18.9 Å². The zero-order valence-electron chi connectivity index (χ0n) is 11.6. The van der Waals surface area contributed by atoms with Crippen LogP contribution in [0.4, 0.5) is 0 Å². The molecule has 0 saturated heterocycles. The van der Waals surface area contributed by atoms with Crippen LogP contribution >= 0.6 is 0 Å². The van der Waals surface area contributed by atoms with Crippen LogP contribution in [0.1, 0.15) is 6.92 Å². The molecule has 0 saturated carbocycles. The van der Waals surface area contributed by atoms with Crippen molar-refractivity contribution < 1.29 is 18.9 Å². The molecule has 0 heterocycles. The van der Waals surface area contributed by atoms with Crippen LogP contribution in [0, 0.1) is 0 Å². The molecule has 10 heteroatoms. The molecular formula is C10H20N6O4. The van der Waals surface area contributed by atoms with Crippen molar-refractivity contribution in [1.29, 1.82) is 0 Å². The largest absolute Gasteiger partial charge is 0.379 e. The third-order valence-electron chi connectivity index (χ3n) is 1.95. The number of nitrogens with zero attached hydrogens (tertiary/aromatic N) is 6. The van der Waals surface area contributed by atoms with Gasteiger partial charge in [0.25, 0.3) is 0 Å². The van der Waals surface area contributed by atoms with Crippen LogP contribution in [-0.2, 0) is 18.9 Å². The minimum absolute atomic E-state index is 0.120. The first-order valence-corrected chi connectivity index (χ1v) is 6.25. The van der Waals surface area contributed by atoms with E-state index >= 15 is 0 Å². The van der Waals surface area contributed by atoms with Crippen LogP contribution in [0.25, 0.3) is 20.9 Å². The third-order valence-corrected chi connectivity index (χ3v) is 1.95. The van der Waals surface area contributed by atoms with Crippen molar-refractivity contribution in [1.82, 2.24) is 0 Å². The Balaban J connectivity index is 3.55. The summed E-state index contributed by atoms with van der Waals surface area (Å²) in [5, 5.41) is 6.72. The predicted octanol–water partition coefficient (Wildman–Crippen LogP) is 2.02. The van der Waals surface area contributed by atoms with Gasteiger partial charge in [0.2, 0.25) is 0 Å². The van der Waals surface area contributed by atoms with Gasteiger partial charge in [0.05, 0.1) is 39.6 Å². The molecule has 1 unspecified atom stereocenters. The topological polar surface area (TPSA) is 134 Å². The van der Waals surface area contributed by atoms with E-state index in [0.717, 1.165) is 0 Å². The van der Waals surface area contributed by atoms with Crippen LogP contribution in [-0.4, -0.2) is 59.0 Å². The Bertz CT molecular complexity index is 317. The van der Waals surface area contributed by atoms with Gasteiger partial charge in [0.15, 0.2) is 6.23 Å². The molecule has 0 spiro atoms. The Morgan fingerprint density at radius 3 is 2.30 bits per heavy atom. The molecule has 0 bridgehead atoms. The van der Waals surface area contributed by atoms with Crippen molar-refractivity contribution in [2.75, 3.05) is 52.8 Å². The Morgan fingerprint density at radius 2 is 1.65 bits per heavy atom. The van der Waals surface area contributed by atoms with Crippen molar-refractivity contribution in [2.24, 2.45) is 10.2 Å². The summed E-state index contributed by atoms with van der Waals surface area (Å²) < 4.78 is 20.8. The molecule has 0 N–H and O–H groups in total. The number of ether oxygens (including phenoxy) is 4. The van der Waals surface area contributed by atoms with E-state index in [-0.39, 0.29) is 19.8 Å². The van der Waals surface area contributed by atoms with Gasteiger partial charge in [-0.1, -0.05) is 10.2 Å². The fourth-order valence-corrected chi connectivity index (χ4v) is 1.11. The summed E-state index contributed by atoms with van der Waals surface area (Å²) in [4.78, 5) is 5.23. The van der Waals surface area contributed by atoms with E-state index in [1.54, 1.807) is 0 Å². The summed E-state index contributed by atoms with van der Waals surface area (Å²) in [7, 11) is 0. The summed E-state index contributed by atoms with van der Waals surface area (Å²) in [6.45, 7) is 4.91. The Hall–Kier alpha value is -1.54. The second-order valence-corrected chi connectivity index (χ2v) is 3.37. The highest BCUT2D eigenvalue weighted by Gasteiger charge is 2.06. The summed E-state index contributed by atoms with van der Waals surface area (Å²) in [5.74, 6) is 0. The van der Waals surface area contributed by atoms with E-state index in [9.17, 15) is 0 Å². The quantitative estimate of drug-likeness (QED) is 0.209. The minimum Gasteiger partial charge on any atom is -0.379 e. The lowest BCUT2D eigenvalue weighted by Crippen LogP contribution is -2.20. The molecule has 0 amide bonds. The van der Waals surface area contributed by atoms with Crippen LogP contribution in [0.5, 0.6) is 0 Å². The molecule has 0 fully saturated rings. The van der Waals surface area contributed by atoms with Crippen LogP contribution in [0.15, 0.2) is 10.2 Å². The van der Waals surface area contributed by atoms with E-state index in [2.05, 4.69) is 20.1 Å². The third kappa shape index (κ3) is 12.9.